The summed E-state index contributed by atoms with van der Waals surface area (Å²) in [6, 6.07) is 8.68. The fourth-order valence-electron chi connectivity index (χ4n) is 7.76. The van der Waals surface area contributed by atoms with E-state index in [9.17, 15) is 9.18 Å². The van der Waals surface area contributed by atoms with Crippen molar-refractivity contribution < 1.29 is 18.3 Å². The Morgan fingerprint density at radius 2 is 1.91 bits per heavy atom. The minimum atomic E-state index is -0.597. The summed E-state index contributed by atoms with van der Waals surface area (Å²) in [5, 5.41) is 4.40. The summed E-state index contributed by atoms with van der Waals surface area (Å²) < 4.78 is 39.6. The molecule has 3 aliphatic heterocycles. The number of ether oxygens (including phenoxy) is 1. The summed E-state index contributed by atoms with van der Waals surface area (Å²) in [6.07, 6.45) is 6.16. The first-order valence-electron chi connectivity index (χ1n) is 17.0. The smallest absolute Gasteiger partial charge is 0.254 e. The Hall–Kier alpha value is -3.67. The van der Waals surface area contributed by atoms with Gasteiger partial charge in [0.1, 0.15) is 17.2 Å². The SMILES string of the molecule is Cc1nc(F)c2c(-c3ccc(F)cc3C(=O)N3CCOC[C@H]3C)cc(C3CN([C@H](CCCN4CCn5nccc5C4)C(C)C)C3)cn12. The van der Waals surface area contributed by atoms with Crippen LogP contribution < -0.4 is 0 Å². The van der Waals surface area contributed by atoms with Crippen molar-refractivity contribution >= 4 is 11.4 Å². The van der Waals surface area contributed by atoms with Crippen LogP contribution in [0.15, 0.2) is 42.7 Å². The largest absolute Gasteiger partial charge is 0.377 e. The molecule has 1 aromatic carbocycles. The van der Waals surface area contributed by atoms with E-state index in [0.717, 1.165) is 57.7 Å². The Balaban J connectivity index is 1.11. The number of halogens is 2. The number of carbonyl (C=O) groups is 1. The van der Waals surface area contributed by atoms with E-state index in [2.05, 4.69) is 44.5 Å². The molecule has 9 nitrogen and oxygen atoms in total. The van der Waals surface area contributed by atoms with Gasteiger partial charge in [-0.3, -0.25) is 19.3 Å². The van der Waals surface area contributed by atoms with Gasteiger partial charge in [0.15, 0.2) is 0 Å². The van der Waals surface area contributed by atoms with Crippen LogP contribution in [0.25, 0.3) is 16.6 Å². The van der Waals surface area contributed by atoms with Crippen molar-refractivity contribution in [2.45, 2.75) is 71.6 Å². The highest BCUT2D eigenvalue weighted by molar-refractivity contribution is 6.03. The van der Waals surface area contributed by atoms with Gasteiger partial charge < -0.3 is 14.0 Å². The molecule has 2 atom stereocenters. The van der Waals surface area contributed by atoms with Gasteiger partial charge in [-0.15, -0.1) is 0 Å². The molecule has 0 saturated carbocycles. The second kappa shape index (κ2) is 13.1. The number of morpholine rings is 1. The number of imidazole rings is 1. The molecule has 0 unspecified atom stereocenters. The number of rotatable bonds is 9. The number of likely N-dealkylation sites (tertiary alicyclic amines) is 1. The second-order valence-corrected chi connectivity index (χ2v) is 13.9. The molecule has 2 saturated heterocycles. The van der Waals surface area contributed by atoms with Gasteiger partial charge in [0.2, 0.25) is 5.95 Å². The third kappa shape index (κ3) is 6.21. The average Bonchev–Trinajstić information content (AvgIpc) is 3.62. The molecule has 6 heterocycles. The van der Waals surface area contributed by atoms with Crippen LogP contribution in [0.5, 0.6) is 0 Å². The van der Waals surface area contributed by atoms with Crippen LogP contribution in [-0.2, 0) is 17.8 Å². The summed E-state index contributed by atoms with van der Waals surface area (Å²) >= 11 is 0. The molecule has 11 heteroatoms. The Labute approximate surface area is 275 Å². The summed E-state index contributed by atoms with van der Waals surface area (Å²) in [4.78, 5) is 24.8. The van der Waals surface area contributed by atoms with Gasteiger partial charge in [-0.25, -0.2) is 9.37 Å². The second-order valence-electron chi connectivity index (χ2n) is 13.9. The third-order valence-corrected chi connectivity index (χ3v) is 10.4. The first-order valence-corrected chi connectivity index (χ1v) is 17.0. The minimum absolute atomic E-state index is 0.146. The van der Waals surface area contributed by atoms with Crippen molar-refractivity contribution in [2.75, 3.05) is 45.9 Å². The van der Waals surface area contributed by atoms with Crippen molar-refractivity contribution in [3.63, 3.8) is 0 Å². The molecule has 0 radical (unpaired) electrons. The number of aromatic nitrogens is 4. The van der Waals surface area contributed by atoms with Crippen molar-refractivity contribution in [3.05, 3.63) is 77.1 Å². The maximum absolute atomic E-state index is 15.4. The quantitative estimate of drug-likeness (QED) is 0.244. The number of aryl methyl sites for hydroxylation is 1. The van der Waals surface area contributed by atoms with Gasteiger partial charge in [-0.05, 0) is 74.5 Å². The molecule has 250 valence electrons. The van der Waals surface area contributed by atoms with Crippen molar-refractivity contribution in [1.82, 2.24) is 33.9 Å². The predicted octanol–water partition coefficient (Wildman–Crippen LogP) is 5.37. The lowest BCUT2D eigenvalue weighted by Gasteiger charge is -2.46. The van der Waals surface area contributed by atoms with E-state index in [-0.39, 0.29) is 23.4 Å². The van der Waals surface area contributed by atoms with E-state index in [0.29, 0.717) is 54.2 Å². The summed E-state index contributed by atoms with van der Waals surface area (Å²) in [5.41, 5.74) is 3.96. The Bertz CT molecular complexity index is 1760. The standard InChI is InChI=1S/C36H45F2N7O2/c1-23(2)33(6-5-11-41-12-13-45-29(21-41)9-10-39-45)42-18-27(19-42)26-16-31(34-35(38)40-25(4)44(34)20-26)30-8-7-28(37)17-32(30)36(46)43-14-15-47-22-24(43)3/h7-10,16-17,20,23-24,27,33H,5-6,11-15,18-19,21-22H2,1-4H3/t24-,33-/m1/s1. The number of benzene rings is 1. The van der Waals surface area contributed by atoms with E-state index < -0.39 is 11.8 Å². The molecular formula is C36H45F2N7O2. The van der Waals surface area contributed by atoms with Gasteiger partial charge in [-0.2, -0.15) is 9.49 Å². The van der Waals surface area contributed by atoms with Gasteiger partial charge in [0, 0.05) is 62.6 Å². The van der Waals surface area contributed by atoms with E-state index in [1.165, 1.54) is 17.8 Å². The summed E-state index contributed by atoms with van der Waals surface area (Å²) in [7, 11) is 0. The number of hydrogen-bond acceptors (Lipinski definition) is 6. The van der Waals surface area contributed by atoms with Crippen LogP contribution in [0.4, 0.5) is 8.78 Å². The monoisotopic (exact) mass is 645 g/mol. The molecule has 0 aliphatic carbocycles. The maximum Gasteiger partial charge on any atom is 0.254 e. The molecule has 3 aliphatic rings. The molecular weight excluding hydrogens is 600 g/mol. The number of fused-ring (bicyclic) bond motifs is 2. The van der Waals surface area contributed by atoms with Gasteiger partial charge in [0.25, 0.3) is 5.91 Å². The first kappa shape index (κ1) is 31.9. The van der Waals surface area contributed by atoms with Crippen LogP contribution in [0.1, 0.15) is 67.0 Å². The Morgan fingerprint density at radius 1 is 1.09 bits per heavy atom. The van der Waals surface area contributed by atoms with E-state index in [1.54, 1.807) is 22.3 Å². The summed E-state index contributed by atoms with van der Waals surface area (Å²) in [6.45, 7) is 15.5. The van der Waals surface area contributed by atoms with Gasteiger partial charge >= 0.3 is 0 Å². The molecule has 3 aromatic heterocycles. The molecule has 1 amide bonds. The van der Waals surface area contributed by atoms with Crippen molar-refractivity contribution in [1.29, 1.82) is 0 Å². The lowest BCUT2D eigenvalue weighted by Crippen LogP contribution is -2.52. The third-order valence-electron chi connectivity index (χ3n) is 10.4. The van der Waals surface area contributed by atoms with Crippen LogP contribution >= 0.6 is 0 Å². The zero-order chi connectivity index (χ0) is 32.8. The van der Waals surface area contributed by atoms with Gasteiger partial charge in [0.05, 0.1) is 37.1 Å². The topological polar surface area (TPSA) is 71.1 Å². The highest BCUT2D eigenvalue weighted by Gasteiger charge is 2.36. The molecule has 2 fully saturated rings. The number of hydrogen-bond donors (Lipinski definition) is 0. The van der Waals surface area contributed by atoms with Gasteiger partial charge in [-0.1, -0.05) is 19.9 Å². The maximum atomic E-state index is 15.4. The highest BCUT2D eigenvalue weighted by Crippen LogP contribution is 2.38. The van der Waals surface area contributed by atoms with E-state index >= 15 is 4.39 Å². The zero-order valence-corrected chi connectivity index (χ0v) is 27.8. The van der Waals surface area contributed by atoms with Crippen molar-refractivity contribution in [2.24, 2.45) is 5.92 Å². The first-order chi connectivity index (χ1) is 22.7. The van der Waals surface area contributed by atoms with Crippen molar-refractivity contribution in [3.8, 4) is 11.1 Å². The van der Waals surface area contributed by atoms with E-state index in [4.69, 9.17) is 4.74 Å². The molecule has 0 N–H and O–H groups in total. The number of carbonyl (C=O) groups excluding carboxylic acids is 1. The molecule has 7 rings (SSSR count). The number of nitrogens with zero attached hydrogens (tertiary/aromatic N) is 7. The molecule has 47 heavy (non-hydrogen) atoms. The minimum Gasteiger partial charge on any atom is -0.377 e. The summed E-state index contributed by atoms with van der Waals surface area (Å²) in [5.74, 6) is -0.0614. The highest BCUT2D eigenvalue weighted by atomic mass is 19.1. The zero-order valence-electron chi connectivity index (χ0n) is 27.8. The fraction of sp³-hybridized carbons (Fsp3) is 0.528. The normalized spacial score (nSPS) is 20.1. The lowest BCUT2D eigenvalue weighted by atomic mass is 9.85. The predicted molar refractivity (Wildman–Crippen MR) is 176 cm³/mol. The fourth-order valence-corrected chi connectivity index (χ4v) is 7.76. The molecule has 4 aromatic rings. The number of amides is 1. The molecule has 0 bridgehead atoms. The Kier molecular flexibility index (Phi) is 8.88. The molecule has 0 spiro atoms. The van der Waals surface area contributed by atoms with Crippen LogP contribution in [-0.4, -0.2) is 97.8 Å². The van der Waals surface area contributed by atoms with Crippen LogP contribution in [0, 0.1) is 24.6 Å². The lowest BCUT2D eigenvalue weighted by molar-refractivity contribution is 0.00361. The van der Waals surface area contributed by atoms with Crippen LogP contribution in [0.3, 0.4) is 0 Å². The van der Waals surface area contributed by atoms with E-state index in [1.807, 2.05) is 25.4 Å². The average molecular weight is 646 g/mol. The van der Waals surface area contributed by atoms with Crippen LogP contribution in [0.2, 0.25) is 0 Å². The Morgan fingerprint density at radius 3 is 2.70 bits per heavy atom. The number of pyridine rings is 1.